The lowest BCUT2D eigenvalue weighted by Gasteiger charge is -2.20. The maximum absolute atomic E-state index is 13.1. The van der Waals surface area contributed by atoms with Crippen LogP contribution in [0.1, 0.15) is 41.6 Å². The van der Waals surface area contributed by atoms with E-state index in [1.54, 1.807) is 30.3 Å². The van der Waals surface area contributed by atoms with Gasteiger partial charge in [0.15, 0.2) is 5.78 Å². The molecular formula is C28H26ClN3O4S. The Hall–Kier alpha value is -3.36. The van der Waals surface area contributed by atoms with E-state index in [1.807, 2.05) is 39.9 Å². The number of thioether (sulfide) groups is 1. The lowest BCUT2D eigenvalue weighted by Crippen LogP contribution is -2.34. The normalized spacial score (nSPS) is 17.6. The largest absolute Gasteiger partial charge is 0.341 e. The van der Waals surface area contributed by atoms with Crippen LogP contribution in [-0.4, -0.2) is 56.8 Å². The molecule has 7 nitrogen and oxygen atoms in total. The molecule has 9 heteroatoms. The molecule has 0 bridgehead atoms. The van der Waals surface area contributed by atoms with Gasteiger partial charge in [-0.2, -0.15) is 0 Å². The Balaban J connectivity index is 1.37. The van der Waals surface area contributed by atoms with E-state index in [2.05, 4.69) is 0 Å². The molecule has 0 unspecified atom stereocenters. The van der Waals surface area contributed by atoms with E-state index < -0.39 is 11.1 Å². The minimum absolute atomic E-state index is 0.0789. The number of hydrogen-bond acceptors (Lipinski definition) is 5. The molecule has 0 saturated carbocycles. The third-order valence-corrected chi connectivity index (χ3v) is 7.87. The first-order valence-electron chi connectivity index (χ1n) is 12.3. The summed E-state index contributed by atoms with van der Waals surface area (Å²) in [6.45, 7) is 1.45. The van der Waals surface area contributed by atoms with E-state index in [4.69, 9.17) is 11.6 Å². The van der Waals surface area contributed by atoms with Crippen LogP contribution in [-0.2, 0) is 16.1 Å². The smallest absolute Gasteiger partial charge is 0.293 e. The fourth-order valence-corrected chi connectivity index (χ4v) is 5.69. The van der Waals surface area contributed by atoms with Gasteiger partial charge in [-0.05, 0) is 61.0 Å². The molecular weight excluding hydrogens is 510 g/mol. The topological polar surface area (TPSA) is 79.7 Å². The number of halogens is 1. The monoisotopic (exact) mass is 535 g/mol. The second-order valence-corrected chi connectivity index (χ2v) is 10.7. The number of rotatable bonds is 6. The van der Waals surface area contributed by atoms with Gasteiger partial charge in [0.1, 0.15) is 6.54 Å². The maximum Gasteiger partial charge on any atom is 0.293 e. The number of Topliss-reactive ketones (excluding diaryl/α,β-unsaturated/α-hetero) is 1. The molecule has 0 aliphatic carbocycles. The average Bonchev–Trinajstić information content (AvgIpc) is 3.20. The molecule has 5 rings (SSSR count). The van der Waals surface area contributed by atoms with Crippen LogP contribution in [0.3, 0.4) is 0 Å². The summed E-state index contributed by atoms with van der Waals surface area (Å²) in [7, 11) is 0. The highest BCUT2D eigenvalue weighted by Crippen LogP contribution is 2.34. The van der Waals surface area contributed by atoms with Gasteiger partial charge in [0.2, 0.25) is 5.91 Å². The van der Waals surface area contributed by atoms with Gasteiger partial charge in [-0.3, -0.25) is 24.1 Å². The van der Waals surface area contributed by atoms with E-state index in [-0.39, 0.29) is 29.7 Å². The van der Waals surface area contributed by atoms with Crippen LogP contribution < -0.4 is 0 Å². The van der Waals surface area contributed by atoms with Gasteiger partial charge in [0, 0.05) is 46.3 Å². The van der Waals surface area contributed by atoms with Crippen molar-refractivity contribution >= 4 is 63.2 Å². The molecule has 0 N–H and O–H groups in total. The van der Waals surface area contributed by atoms with Crippen molar-refractivity contribution in [1.82, 2.24) is 14.4 Å². The standard InChI is InChI=1S/C28H26ClN3O4S/c29-21-11-9-19(10-12-21)24(33)17-32-27(35)25(37-28(32)36)15-20-16-31(23-8-4-3-7-22(20)23)18-26(34)30-13-5-1-2-6-14-30/h3-4,7-12,15-16H,1-2,5-6,13-14,17-18H2/b25-15-. The van der Waals surface area contributed by atoms with E-state index in [9.17, 15) is 19.2 Å². The Kier molecular flexibility index (Phi) is 7.48. The Morgan fingerprint density at radius 1 is 0.919 bits per heavy atom. The van der Waals surface area contributed by atoms with E-state index >= 15 is 0 Å². The van der Waals surface area contributed by atoms with E-state index in [1.165, 1.54) is 0 Å². The molecule has 2 fully saturated rings. The Morgan fingerprint density at radius 2 is 1.62 bits per heavy atom. The van der Waals surface area contributed by atoms with Gasteiger partial charge < -0.3 is 9.47 Å². The lowest BCUT2D eigenvalue weighted by molar-refractivity contribution is -0.131. The molecule has 37 heavy (non-hydrogen) atoms. The first-order chi connectivity index (χ1) is 17.9. The summed E-state index contributed by atoms with van der Waals surface area (Å²) in [5.41, 5.74) is 2.01. The highest BCUT2D eigenvalue weighted by Gasteiger charge is 2.36. The summed E-state index contributed by atoms with van der Waals surface area (Å²) in [6, 6.07) is 14.0. The van der Waals surface area contributed by atoms with Crippen LogP contribution >= 0.6 is 23.4 Å². The van der Waals surface area contributed by atoms with Crippen molar-refractivity contribution in [2.24, 2.45) is 0 Å². The number of hydrogen-bond donors (Lipinski definition) is 0. The number of fused-ring (bicyclic) bond motifs is 1. The van der Waals surface area contributed by atoms with Crippen molar-refractivity contribution < 1.29 is 19.2 Å². The lowest BCUT2D eigenvalue weighted by atomic mass is 10.1. The van der Waals surface area contributed by atoms with Crippen molar-refractivity contribution in [3.63, 3.8) is 0 Å². The van der Waals surface area contributed by atoms with Crippen LogP contribution in [0.15, 0.2) is 59.6 Å². The summed E-state index contributed by atoms with van der Waals surface area (Å²) >= 11 is 6.70. The second kappa shape index (κ2) is 10.9. The van der Waals surface area contributed by atoms with Crippen molar-refractivity contribution in [2.45, 2.75) is 32.2 Å². The fraction of sp³-hybridized carbons (Fsp3) is 0.286. The number of imide groups is 1. The number of nitrogens with zero attached hydrogens (tertiary/aromatic N) is 3. The summed E-state index contributed by atoms with van der Waals surface area (Å²) < 4.78 is 1.91. The summed E-state index contributed by atoms with van der Waals surface area (Å²) in [4.78, 5) is 54.5. The van der Waals surface area contributed by atoms with Gasteiger partial charge in [0.25, 0.3) is 11.1 Å². The number of para-hydroxylation sites is 1. The van der Waals surface area contributed by atoms with Gasteiger partial charge in [-0.1, -0.05) is 42.6 Å². The average molecular weight is 536 g/mol. The number of ketones is 1. The predicted octanol–water partition coefficient (Wildman–Crippen LogP) is 5.62. The molecule has 2 aliphatic rings. The molecule has 3 heterocycles. The number of benzene rings is 2. The third kappa shape index (κ3) is 5.50. The van der Waals surface area contributed by atoms with Crippen LogP contribution in [0.5, 0.6) is 0 Å². The van der Waals surface area contributed by atoms with E-state index in [0.717, 1.165) is 71.9 Å². The maximum atomic E-state index is 13.1. The van der Waals surface area contributed by atoms with Crippen LogP contribution in [0.25, 0.3) is 17.0 Å². The zero-order valence-corrected chi connectivity index (χ0v) is 21.8. The Morgan fingerprint density at radius 3 is 2.35 bits per heavy atom. The molecule has 190 valence electrons. The third-order valence-electron chi connectivity index (χ3n) is 6.71. The van der Waals surface area contributed by atoms with Gasteiger partial charge in [-0.25, -0.2) is 0 Å². The summed E-state index contributed by atoms with van der Waals surface area (Å²) in [6.07, 6.45) is 7.89. The molecule has 3 aromatic rings. The van der Waals surface area contributed by atoms with Crippen LogP contribution in [0, 0.1) is 0 Å². The Labute approximate surface area is 224 Å². The SMILES string of the molecule is O=C(CN1C(=O)S/C(=C\c2cn(CC(=O)N3CCCCCC3)c3ccccc23)C1=O)c1ccc(Cl)cc1. The Bertz CT molecular complexity index is 1400. The van der Waals surface area contributed by atoms with Crippen molar-refractivity contribution in [3.05, 3.63) is 75.8 Å². The molecule has 0 radical (unpaired) electrons. The number of amides is 3. The van der Waals surface area contributed by atoms with Crippen molar-refractivity contribution in [2.75, 3.05) is 19.6 Å². The molecule has 2 aromatic carbocycles. The number of aromatic nitrogens is 1. The van der Waals surface area contributed by atoms with Gasteiger partial charge >= 0.3 is 0 Å². The molecule has 2 aliphatic heterocycles. The fourth-order valence-electron chi connectivity index (χ4n) is 4.74. The van der Waals surface area contributed by atoms with Crippen LogP contribution in [0.2, 0.25) is 5.02 Å². The van der Waals surface area contributed by atoms with Gasteiger partial charge in [0.05, 0.1) is 11.4 Å². The van der Waals surface area contributed by atoms with Crippen molar-refractivity contribution in [3.8, 4) is 0 Å². The molecule has 0 spiro atoms. The highest BCUT2D eigenvalue weighted by atomic mass is 35.5. The molecule has 1 aromatic heterocycles. The number of likely N-dealkylation sites (tertiary alicyclic amines) is 1. The quantitative estimate of drug-likeness (QED) is 0.302. The minimum atomic E-state index is -0.505. The zero-order chi connectivity index (χ0) is 25.9. The van der Waals surface area contributed by atoms with Gasteiger partial charge in [-0.15, -0.1) is 0 Å². The molecule has 3 amide bonds. The van der Waals surface area contributed by atoms with Crippen molar-refractivity contribution in [1.29, 1.82) is 0 Å². The second-order valence-electron chi connectivity index (χ2n) is 9.22. The molecule has 0 atom stereocenters. The highest BCUT2D eigenvalue weighted by molar-refractivity contribution is 8.18. The summed E-state index contributed by atoms with van der Waals surface area (Å²) in [5, 5.41) is 0.895. The first-order valence-corrected chi connectivity index (χ1v) is 13.5. The summed E-state index contributed by atoms with van der Waals surface area (Å²) in [5.74, 6) is -0.770. The predicted molar refractivity (Wildman–Crippen MR) is 145 cm³/mol. The number of carbonyl (C=O) groups excluding carboxylic acids is 4. The van der Waals surface area contributed by atoms with E-state index in [0.29, 0.717) is 10.6 Å². The van der Waals surface area contributed by atoms with Crippen LogP contribution in [0.4, 0.5) is 4.79 Å². The minimum Gasteiger partial charge on any atom is -0.341 e. The number of carbonyl (C=O) groups is 4. The first kappa shape index (κ1) is 25.3. The zero-order valence-electron chi connectivity index (χ0n) is 20.2. The molecule has 2 saturated heterocycles.